The molecule has 5 heterocycles. The van der Waals surface area contributed by atoms with Crippen LogP contribution in [0.3, 0.4) is 0 Å². The standard InChI is InChI=1S/C30H28N4O6S/c35-30(20-3-4-22-18-38-10-11-41(36,37)28(22)13-20)32-17-23-14-24-21(16-31-23)5-6-29(33-24)34-7-1-2-19-12-26-27(15-25(19)34)40-9-8-39-26/h3-6,12-16H,1-2,7-11,17-18H2,(H,32,35). The van der Waals surface area contributed by atoms with E-state index in [0.29, 0.717) is 24.5 Å². The Morgan fingerprint density at radius 1 is 0.976 bits per heavy atom. The quantitative estimate of drug-likeness (QED) is 0.390. The Kier molecular flexibility index (Phi) is 6.47. The number of amides is 1. The van der Waals surface area contributed by atoms with Crippen LogP contribution < -0.4 is 19.7 Å². The van der Waals surface area contributed by atoms with Crippen LogP contribution in [0.25, 0.3) is 10.9 Å². The number of anilines is 2. The molecule has 0 aliphatic carbocycles. The van der Waals surface area contributed by atoms with Gasteiger partial charge < -0.3 is 24.4 Å². The second kappa shape index (κ2) is 10.3. The summed E-state index contributed by atoms with van der Waals surface area (Å²) in [6.07, 6.45) is 3.71. The van der Waals surface area contributed by atoms with E-state index < -0.39 is 9.84 Å². The normalized spacial score (nSPS) is 17.3. The van der Waals surface area contributed by atoms with Crippen molar-refractivity contribution in [1.29, 1.82) is 0 Å². The maximum Gasteiger partial charge on any atom is 0.251 e. The Morgan fingerprint density at radius 2 is 1.83 bits per heavy atom. The van der Waals surface area contributed by atoms with Gasteiger partial charge in [0.15, 0.2) is 21.3 Å². The van der Waals surface area contributed by atoms with Crippen LogP contribution in [0.4, 0.5) is 11.5 Å². The smallest absolute Gasteiger partial charge is 0.251 e. The zero-order valence-corrected chi connectivity index (χ0v) is 23.1. The van der Waals surface area contributed by atoms with E-state index in [1.807, 2.05) is 24.3 Å². The van der Waals surface area contributed by atoms with Crippen LogP contribution in [0, 0.1) is 0 Å². The van der Waals surface area contributed by atoms with Crippen LogP contribution in [0.2, 0.25) is 0 Å². The Morgan fingerprint density at radius 3 is 2.71 bits per heavy atom. The fourth-order valence-corrected chi connectivity index (χ4v) is 6.88. The van der Waals surface area contributed by atoms with Crippen molar-refractivity contribution < 1.29 is 27.4 Å². The number of nitrogens with one attached hydrogen (secondary N) is 1. The molecular weight excluding hydrogens is 544 g/mol. The van der Waals surface area contributed by atoms with Gasteiger partial charge in [-0.25, -0.2) is 13.4 Å². The molecule has 1 N–H and O–H groups in total. The van der Waals surface area contributed by atoms with Gasteiger partial charge in [-0.05, 0) is 60.4 Å². The van der Waals surface area contributed by atoms with Gasteiger partial charge in [0.25, 0.3) is 5.91 Å². The highest BCUT2D eigenvalue weighted by Crippen LogP contribution is 2.41. The molecule has 210 valence electrons. The zero-order valence-electron chi connectivity index (χ0n) is 22.3. The number of ether oxygens (including phenoxy) is 3. The molecule has 0 atom stereocenters. The predicted octanol–water partition coefficient (Wildman–Crippen LogP) is 3.72. The first-order valence-corrected chi connectivity index (χ1v) is 15.3. The molecule has 0 saturated carbocycles. The zero-order chi connectivity index (χ0) is 28.0. The molecule has 0 saturated heterocycles. The van der Waals surface area contributed by atoms with Crippen LogP contribution >= 0.6 is 0 Å². The maximum absolute atomic E-state index is 12.9. The van der Waals surface area contributed by atoms with Crippen LogP contribution in [0.15, 0.2) is 59.6 Å². The number of fused-ring (bicyclic) bond motifs is 4. The molecule has 0 fully saturated rings. The van der Waals surface area contributed by atoms with Gasteiger partial charge in [0.1, 0.15) is 19.0 Å². The number of nitrogens with zero attached hydrogens (tertiary/aromatic N) is 3. The molecule has 2 aromatic carbocycles. The van der Waals surface area contributed by atoms with Crippen molar-refractivity contribution in [3.63, 3.8) is 0 Å². The van der Waals surface area contributed by atoms with E-state index in [2.05, 4.69) is 21.3 Å². The van der Waals surface area contributed by atoms with E-state index in [4.69, 9.17) is 19.2 Å². The number of carbonyl (C=O) groups is 1. The number of pyridine rings is 2. The Labute approximate surface area is 237 Å². The molecule has 7 rings (SSSR count). The summed E-state index contributed by atoms with van der Waals surface area (Å²) in [6, 6.07) is 14.7. The minimum atomic E-state index is -3.51. The van der Waals surface area contributed by atoms with Gasteiger partial charge in [0.05, 0.1) is 41.6 Å². The average Bonchev–Trinajstić information content (AvgIpc) is 3.15. The largest absolute Gasteiger partial charge is 0.486 e. The topological polar surface area (TPSA) is 120 Å². The summed E-state index contributed by atoms with van der Waals surface area (Å²) < 4.78 is 42.2. The highest BCUT2D eigenvalue weighted by atomic mass is 32.2. The lowest BCUT2D eigenvalue weighted by atomic mass is 10.0. The van der Waals surface area contributed by atoms with E-state index in [-0.39, 0.29) is 41.9 Å². The van der Waals surface area contributed by atoms with Crippen molar-refractivity contribution in [2.45, 2.75) is 30.9 Å². The van der Waals surface area contributed by atoms with Gasteiger partial charge in [-0.3, -0.25) is 9.78 Å². The molecule has 2 aromatic heterocycles. The molecule has 3 aliphatic rings. The molecule has 41 heavy (non-hydrogen) atoms. The minimum absolute atomic E-state index is 0.103. The number of carbonyl (C=O) groups excluding carboxylic acids is 1. The van der Waals surface area contributed by atoms with Crippen LogP contribution in [-0.4, -0.2) is 56.4 Å². The summed E-state index contributed by atoms with van der Waals surface area (Å²) in [7, 11) is -3.51. The van der Waals surface area contributed by atoms with E-state index in [1.165, 1.54) is 11.6 Å². The van der Waals surface area contributed by atoms with E-state index in [1.54, 1.807) is 18.3 Å². The molecule has 0 unspecified atom stereocenters. The van der Waals surface area contributed by atoms with Gasteiger partial charge in [-0.2, -0.15) is 0 Å². The van der Waals surface area contributed by atoms with E-state index >= 15 is 0 Å². The summed E-state index contributed by atoms with van der Waals surface area (Å²) in [6.45, 7) is 2.44. The number of rotatable bonds is 4. The fourth-order valence-electron chi connectivity index (χ4n) is 5.49. The monoisotopic (exact) mass is 572 g/mol. The molecule has 0 bridgehead atoms. The Hall–Kier alpha value is -4.22. The van der Waals surface area contributed by atoms with Crippen molar-refractivity contribution in [3.8, 4) is 11.5 Å². The minimum Gasteiger partial charge on any atom is -0.486 e. The lowest BCUT2D eigenvalue weighted by Gasteiger charge is -2.32. The van der Waals surface area contributed by atoms with E-state index in [9.17, 15) is 13.2 Å². The van der Waals surface area contributed by atoms with Gasteiger partial charge >= 0.3 is 0 Å². The van der Waals surface area contributed by atoms with E-state index in [0.717, 1.165) is 53.3 Å². The highest BCUT2D eigenvalue weighted by Gasteiger charge is 2.25. The summed E-state index contributed by atoms with van der Waals surface area (Å²) in [4.78, 5) is 24.7. The van der Waals surface area contributed by atoms with Crippen molar-refractivity contribution in [2.24, 2.45) is 0 Å². The van der Waals surface area contributed by atoms with Crippen molar-refractivity contribution in [1.82, 2.24) is 15.3 Å². The summed E-state index contributed by atoms with van der Waals surface area (Å²) >= 11 is 0. The third-order valence-corrected chi connectivity index (χ3v) is 9.36. The average molecular weight is 573 g/mol. The molecule has 10 nitrogen and oxygen atoms in total. The van der Waals surface area contributed by atoms with Crippen molar-refractivity contribution >= 4 is 38.2 Å². The summed E-state index contributed by atoms with van der Waals surface area (Å²) in [5.74, 6) is 1.89. The number of sulfone groups is 1. The third kappa shape index (κ3) is 4.95. The van der Waals surface area contributed by atoms with Gasteiger partial charge in [0, 0.05) is 35.4 Å². The molecule has 1 amide bonds. The van der Waals surface area contributed by atoms with Gasteiger partial charge in [0.2, 0.25) is 0 Å². The number of aromatic nitrogens is 2. The van der Waals surface area contributed by atoms with Crippen molar-refractivity contribution in [3.05, 3.63) is 77.1 Å². The second-order valence-electron chi connectivity index (χ2n) is 10.3. The summed E-state index contributed by atoms with van der Waals surface area (Å²) in [5.41, 5.74) is 4.53. The van der Waals surface area contributed by atoms with Crippen LogP contribution in [-0.2, 0) is 34.1 Å². The molecule has 4 aromatic rings. The SMILES string of the molecule is O=C(NCc1cc2nc(N3CCCc4cc5c(cc43)OCCO5)ccc2cn1)c1ccc2c(c1)S(=O)(=O)CCOC2. The van der Waals surface area contributed by atoms with Crippen LogP contribution in [0.5, 0.6) is 11.5 Å². The number of hydrogen-bond donors (Lipinski definition) is 1. The first-order valence-electron chi connectivity index (χ1n) is 13.6. The number of hydrogen-bond acceptors (Lipinski definition) is 9. The number of benzene rings is 2. The molecule has 0 radical (unpaired) electrons. The van der Waals surface area contributed by atoms with Gasteiger partial charge in [-0.1, -0.05) is 6.07 Å². The first kappa shape index (κ1) is 25.7. The second-order valence-corrected chi connectivity index (χ2v) is 12.4. The Balaban J connectivity index is 1.12. The molecular formula is C30H28N4O6S. The lowest BCUT2D eigenvalue weighted by Crippen LogP contribution is -2.26. The molecule has 3 aliphatic heterocycles. The van der Waals surface area contributed by atoms with Crippen molar-refractivity contribution in [2.75, 3.05) is 37.0 Å². The Bertz CT molecular complexity index is 1790. The molecule has 0 spiro atoms. The first-order chi connectivity index (χ1) is 19.9. The number of aryl methyl sites for hydroxylation is 1. The maximum atomic E-state index is 12.9. The third-order valence-electron chi connectivity index (χ3n) is 7.60. The van der Waals surface area contributed by atoms with Gasteiger partial charge in [-0.15, -0.1) is 0 Å². The fraction of sp³-hybridized carbons (Fsp3) is 0.300. The predicted molar refractivity (Wildman–Crippen MR) is 152 cm³/mol. The lowest BCUT2D eigenvalue weighted by molar-refractivity contribution is 0.0950. The molecule has 11 heteroatoms. The highest BCUT2D eigenvalue weighted by molar-refractivity contribution is 7.91. The summed E-state index contributed by atoms with van der Waals surface area (Å²) in [5, 5.41) is 3.75. The van der Waals surface area contributed by atoms with Crippen LogP contribution in [0.1, 0.15) is 33.6 Å².